The lowest BCUT2D eigenvalue weighted by Gasteiger charge is -2.54. The van der Waals surface area contributed by atoms with Gasteiger partial charge in [-0.1, -0.05) is 76.5 Å². The summed E-state index contributed by atoms with van der Waals surface area (Å²) in [6, 6.07) is 0. The molecule has 3 fully saturated rings. The van der Waals surface area contributed by atoms with E-state index in [2.05, 4.69) is 32.9 Å². The molecule has 2 bridgehead atoms. The number of ether oxygens (including phenoxy) is 6. The van der Waals surface area contributed by atoms with Crippen LogP contribution in [0, 0.1) is 23.7 Å². The van der Waals surface area contributed by atoms with Crippen molar-refractivity contribution in [1.82, 2.24) is 0 Å². The van der Waals surface area contributed by atoms with Crippen molar-refractivity contribution < 1.29 is 48.2 Å². The number of allylic oxidation sites excluding steroid dienone is 4. The lowest BCUT2D eigenvalue weighted by atomic mass is 9.70. The molecular formula is C40H60O10. The Kier molecular flexibility index (Phi) is 12.5. The summed E-state index contributed by atoms with van der Waals surface area (Å²) in [5, 5.41) is 24.6. The molecule has 2 N–H and O–H groups in total. The molecule has 4 heterocycles. The van der Waals surface area contributed by atoms with E-state index in [1.54, 1.807) is 13.2 Å². The van der Waals surface area contributed by atoms with Crippen molar-refractivity contribution in [2.24, 2.45) is 23.7 Å². The number of hydrogen-bond acceptors (Lipinski definition) is 10. The van der Waals surface area contributed by atoms with Crippen LogP contribution in [0.2, 0.25) is 0 Å². The molecule has 10 heteroatoms. The molecule has 1 aliphatic carbocycles. The zero-order valence-corrected chi connectivity index (χ0v) is 31.3. The third-order valence-electron chi connectivity index (χ3n) is 11.6. The van der Waals surface area contributed by atoms with Crippen LogP contribution in [0.5, 0.6) is 0 Å². The fourth-order valence-corrected chi connectivity index (χ4v) is 8.74. The van der Waals surface area contributed by atoms with Gasteiger partial charge in [-0.25, -0.2) is 0 Å². The van der Waals surface area contributed by atoms with Crippen molar-refractivity contribution in [3.63, 3.8) is 0 Å². The van der Waals surface area contributed by atoms with E-state index in [1.807, 2.05) is 39.8 Å². The van der Waals surface area contributed by atoms with Gasteiger partial charge in [0, 0.05) is 25.9 Å². The summed E-state index contributed by atoms with van der Waals surface area (Å²) in [4.78, 5) is 27.6. The standard InChI is InChI=1S/C40H60O10/c1-9-11-14-25(5)37(42)48-34-31(10-2)27(7)49-39(35(34)41)21-30-20-29(50-39)17-16-24(4)18-23(3)13-12-15-28-22-46-36-33(45-8)26(6)19-32(38(43)47-30)40(28,36)44/h12-13,15-16,19,23,25,27,29-36,41,44H,9-11,14,17-18,20-22H2,1-8H3. The first kappa shape index (κ1) is 38.9. The molecule has 0 aromatic carbocycles. The summed E-state index contributed by atoms with van der Waals surface area (Å²) in [6.07, 6.45) is 9.59. The number of carbonyl (C=O) groups excluding carboxylic acids is 2. The molecule has 0 saturated carbocycles. The van der Waals surface area contributed by atoms with Gasteiger partial charge < -0.3 is 38.6 Å². The van der Waals surface area contributed by atoms with Gasteiger partial charge in [0.25, 0.3) is 0 Å². The number of methoxy groups -OCH3 is 1. The summed E-state index contributed by atoms with van der Waals surface area (Å²) in [6.45, 7) is 14.1. The molecular weight excluding hydrogens is 640 g/mol. The molecule has 50 heavy (non-hydrogen) atoms. The van der Waals surface area contributed by atoms with Crippen LogP contribution in [-0.4, -0.2) is 90.0 Å². The summed E-state index contributed by atoms with van der Waals surface area (Å²) >= 11 is 0. The Morgan fingerprint density at radius 3 is 2.62 bits per heavy atom. The second-order valence-electron chi connectivity index (χ2n) is 15.5. The van der Waals surface area contributed by atoms with Crippen LogP contribution < -0.4 is 0 Å². The molecule has 1 spiro atoms. The highest BCUT2D eigenvalue weighted by atomic mass is 16.7. The van der Waals surface area contributed by atoms with Crippen LogP contribution in [0.25, 0.3) is 0 Å². The third kappa shape index (κ3) is 7.71. The minimum Gasteiger partial charge on any atom is -0.462 e. The predicted octanol–water partition coefficient (Wildman–Crippen LogP) is 5.90. The molecule has 13 atom stereocenters. The third-order valence-corrected chi connectivity index (χ3v) is 11.6. The zero-order valence-electron chi connectivity index (χ0n) is 31.3. The van der Waals surface area contributed by atoms with Gasteiger partial charge in [0.15, 0.2) is 0 Å². The number of hydrogen-bond donors (Lipinski definition) is 2. The number of fused-ring (bicyclic) bond motifs is 2. The molecule has 0 amide bonds. The van der Waals surface area contributed by atoms with E-state index in [1.165, 1.54) is 5.57 Å². The first-order valence-corrected chi connectivity index (χ1v) is 18.8. The van der Waals surface area contributed by atoms with Crippen molar-refractivity contribution in [2.45, 2.75) is 154 Å². The highest BCUT2D eigenvalue weighted by Crippen LogP contribution is 2.48. The van der Waals surface area contributed by atoms with Crippen LogP contribution in [0.15, 0.2) is 47.1 Å². The molecule has 0 radical (unpaired) electrons. The first-order valence-electron chi connectivity index (χ1n) is 18.8. The Bertz CT molecular complexity index is 1350. The highest BCUT2D eigenvalue weighted by molar-refractivity contribution is 5.78. The minimum absolute atomic E-state index is 0.0380. The van der Waals surface area contributed by atoms with Crippen LogP contribution in [0.3, 0.4) is 0 Å². The second-order valence-corrected chi connectivity index (χ2v) is 15.5. The van der Waals surface area contributed by atoms with Crippen molar-refractivity contribution in [2.75, 3.05) is 13.7 Å². The maximum atomic E-state index is 14.3. The van der Waals surface area contributed by atoms with E-state index in [0.717, 1.165) is 24.8 Å². The maximum Gasteiger partial charge on any atom is 0.316 e. The predicted molar refractivity (Wildman–Crippen MR) is 188 cm³/mol. The molecule has 4 aliphatic heterocycles. The van der Waals surface area contributed by atoms with Crippen molar-refractivity contribution in [3.8, 4) is 0 Å². The van der Waals surface area contributed by atoms with Crippen LogP contribution in [0.1, 0.15) is 99.8 Å². The van der Waals surface area contributed by atoms with E-state index in [0.29, 0.717) is 31.3 Å². The van der Waals surface area contributed by atoms with E-state index in [-0.39, 0.29) is 36.8 Å². The van der Waals surface area contributed by atoms with Crippen molar-refractivity contribution in [1.29, 1.82) is 0 Å². The van der Waals surface area contributed by atoms with Gasteiger partial charge in [0.2, 0.25) is 5.79 Å². The molecule has 3 saturated heterocycles. The number of rotatable bonds is 7. The summed E-state index contributed by atoms with van der Waals surface area (Å²) in [5.74, 6) is -3.93. The van der Waals surface area contributed by atoms with E-state index in [9.17, 15) is 19.8 Å². The monoisotopic (exact) mass is 700 g/mol. The maximum absolute atomic E-state index is 14.3. The van der Waals surface area contributed by atoms with E-state index in [4.69, 9.17) is 28.4 Å². The Hall–Kier alpha value is -2.34. The number of aliphatic hydroxyl groups excluding tert-OH is 1. The van der Waals surface area contributed by atoms with Gasteiger partial charge in [0.1, 0.15) is 42.0 Å². The molecule has 5 aliphatic rings. The lowest BCUT2D eigenvalue weighted by molar-refractivity contribution is -0.384. The molecule has 10 nitrogen and oxygen atoms in total. The highest BCUT2D eigenvalue weighted by Gasteiger charge is 2.62. The summed E-state index contributed by atoms with van der Waals surface area (Å²) < 4.78 is 37.7. The molecule has 0 aromatic heterocycles. The SMILES string of the molecule is CCCCC(C)C(=O)OC1C(CC)C(C)OC2(CC3CC(CC=C(C)CC(C)C=CC=C4COC5C(OC)C(C)=CC(C(=O)O3)C45O)O2)C1O. The fraction of sp³-hybridized carbons (Fsp3) is 0.750. The molecule has 13 unspecified atom stereocenters. The van der Waals surface area contributed by atoms with Crippen molar-refractivity contribution in [3.05, 3.63) is 47.1 Å². The number of esters is 2. The smallest absolute Gasteiger partial charge is 0.316 e. The van der Waals surface area contributed by atoms with Crippen LogP contribution in [-0.2, 0) is 38.0 Å². The molecule has 280 valence electrons. The number of aliphatic hydroxyl groups is 2. The minimum atomic E-state index is -1.68. The quantitative estimate of drug-likeness (QED) is 0.245. The van der Waals surface area contributed by atoms with Gasteiger partial charge in [-0.2, -0.15) is 0 Å². The topological polar surface area (TPSA) is 130 Å². The Labute approximate surface area is 298 Å². The summed E-state index contributed by atoms with van der Waals surface area (Å²) in [5.41, 5.74) is 0.851. The largest absolute Gasteiger partial charge is 0.462 e. The number of carbonyl (C=O) groups is 2. The normalized spacial score (nSPS) is 41.4. The Morgan fingerprint density at radius 2 is 1.92 bits per heavy atom. The van der Waals surface area contributed by atoms with E-state index >= 15 is 0 Å². The Balaban J connectivity index is 1.51. The zero-order chi connectivity index (χ0) is 36.4. The van der Waals surface area contributed by atoms with Gasteiger partial charge in [-0.3, -0.25) is 9.59 Å². The second kappa shape index (κ2) is 16.1. The van der Waals surface area contributed by atoms with Crippen LogP contribution in [0.4, 0.5) is 0 Å². The summed E-state index contributed by atoms with van der Waals surface area (Å²) in [7, 11) is 1.57. The van der Waals surface area contributed by atoms with Gasteiger partial charge in [-0.05, 0) is 63.5 Å². The fourth-order valence-electron chi connectivity index (χ4n) is 8.74. The van der Waals surface area contributed by atoms with E-state index < -0.39 is 66.0 Å². The Morgan fingerprint density at radius 1 is 1.16 bits per heavy atom. The lowest BCUT2D eigenvalue weighted by Crippen LogP contribution is -2.67. The van der Waals surface area contributed by atoms with Crippen LogP contribution >= 0.6 is 0 Å². The number of unbranched alkanes of at least 4 members (excludes halogenated alkanes) is 1. The molecule has 0 aromatic rings. The first-order chi connectivity index (χ1) is 23.8. The van der Waals surface area contributed by atoms with Crippen molar-refractivity contribution >= 4 is 11.9 Å². The van der Waals surface area contributed by atoms with Gasteiger partial charge in [-0.15, -0.1) is 0 Å². The molecule has 5 rings (SSSR count). The average molecular weight is 701 g/mol. The average Bonchev–Trinajstić information content (AvgIpc) is 3.40. The van der Waals surface area contributed by atoms with Gasteiger partial charge in [0.05, 0.1) is 24.7 Å². The van der Waals surface area contributed by atoms with Gasteiger partial charge >= 0.3 is 11.9 Å².